The second-order valence-electron chi connectivity index (χ2n) is 7.24. The van der Waals surface area contributed by atoms with Crippen molar-refractivity contribution in [2.45, 2.75) is 25.7 Å². The van der Waals surface area contributed by atoms with Gasteiger partial charge in [0.05, 0.1) is 0 Å². The van der Waals surface area contributed by atoms with Gasteiger partial charge in [0.25, 0.3) is 5.91 Å². The predicted octanol–water partition coefficient (Wildman–Crippen LogP) is 2.68. The number of aliphatic imine (C=N–C) groups is 1. The summed E-state index contributed by atoms with van der Waals surface area (Å²) in [5.74, 6) is 0.247. The molecule has 7 heteroatoms. The Hall–Kier alpha value is -2.70. The van der Waals surface area contributed by atoms with Crippen molar-refractivity contribution in [1.82, 2.24) is 4.90 Å². The van der Waals surface area contributed by atoms with Gasteiger partial charge in [0, 0.05) is 30.4 Å². The van der Waals surface area contributed by atoms with Crippen molar-refractivity contribution in [3.63, 3.8) is 0 Å². The Labute approximate surface area is 156 Å². The van der Waals surface area contributed by atoms with Gasteiger partial charge >= 0.3 is 7.27 Å². The highest BCUT2D eigenvalue weighted by atomic mass is 19.2. The van der Waals surface area contributed by atoms with Gasteiger partial charge in [0.15, 0.2) is 0 Å². The average Bonchev–Trinajstić information content (AvgIpc) is 2.98. The maximum absolute atomic E-state index is 14.1. The lowest BCUT2D eigenvalue weighted by Gasteiger charge is -2.38. The molecule has 0 unspecified atom stereocenters. The maximum atomic E-state index is 14.1. The minimum Gasteiger partial charge on any atom is -0.371 e. The molecule has 0 fully saturated rings. The van der Waals surface area contributed by atoms with Crippen LogP contribution < -0.4 is 10.4 Å². The molecule has 0 aliphatic carbocycles. The highest BCUT2D eigenvalue weighted by molar-refractivity contribution is 6.61. The minimum absolute atomic E-state index is 0.0665. The van der Waals surface area contributed by atoms with Gasteiger partial charge in [-0.2, -0.15) is 0 Å². The summed E-state index contributed by atoms with van der Waals surface area (Å²) in [6.07, 6.45) is 11.9. The molecule has 1 aromatic rings. The highest BCUT2D eigenvalue weighted by Gasteiger charge is 2.34. The molecule has 0 saturated carbocycles. The molecule has 0 atom stereocenters. The van der Waals surface area contributed by atoms with Crippen LogP contribution in [0.3, 0.4) is 0 Å². The van der Waals surface area contributed by atoms with Crippen molar-refractivity contribution in [1.29, 1.82) is 0 Å². The van der Waals surface area contributed by atoms with Crippen molar-refractivity contribution >= 4 is 36.2 Å². The second kappa shape index (κ2) is 6.18. The Balaban J connectivity index is 1.67. The number of allylic oxidation sites excluding steroid dienone is 2. The quantitative estimate of drug-likeness (QED) is 0.597. The summed E-state index contributed by atoms with van der Waals surface area (Å²) in [5, 5.41) is 0. The summed E-state index contributed by atoms with van der Waals surface area (Å²) >= 11 is 0. The molecule has 0 bridgehead atoms. The number of hydrogen-bond acceptors (Lipinski definition) is 3. The van der Waals surface area contributed by atoms with E-state index in [-0.39, 0.29) is 17.1 Å². The number of benzene rings is 1. The number of amidine groups is 1. The van der Waals surface area contributed by atoms with E-state index in [0.29, 0.717) is 17.8 Å². The SMILES string of the molecule is O=C1/C(=C\c2cc3c4c(c2B(F)F)CCCN4CCC3)N=C2C=CC=CN12. The number of aryl methyl sites for hydroxylation is 1. The van der Waals surface area contributed by atoms with E-state index in [1.54, 1.807) is 30.5 Å². The maximum Gasteiger partial charge on any atom is 0.572 e. The molecule has 27 heavy (non-hydrogen) atoms. The summed E-state index contributed by atoms with van der Waals surface area (Å²) in [4.78, 5) is 20.6. The van der Waals surface area contributed by atoms with Crippen LogP contribution in [-0.2, 0) is 17.6 Å². The number of hydrogen-bond donors (Lipinski definition) is 0. The number of rotatable bonds is 2. The molecule has 4 heterocycles. The van der Waals surface area contributed by atoms with Gasteiger partial charge in [-0.15, -0.1) is 0 Å². The van der Waals surface area contributed by atoms with E-state index < -0.39 is 7.27 Å². The Kier molecular flexibility index (Phi) is 3.77. The third kappa shape index (κ3) is 2.56. The number of carbonyl (C=O) groups excluding carboxylic acids is 1. The first-order valence-electron chi connectivity index (χ1n) is 9.34. The molecule has 0 saturated heterocycles. The van der Waals surface area contributed by atoms with E-state index >= 15 is 0 Å². The van der Waals surface area contributed by atoms with Crippen LogP contribution in [0.4, 0.5) is 14.3 Å². The van der Waals surface area contributed by atoms with Crippen LogP contribution in [0.1, 0.15) is 29.5 Å². The topological polar surface area (TPSA) is 35.9 Å². The van der Waals surface area contributed by atoms with E-state index in [9.17, 15) is 13.4 Å². The zero-order valence-electron chi connectivity index (χ0n) is 14.8. The molecule has 0 spiro atoms. The predicted molar refractivity (Wildman–Crippen MR) is 103 cm³/mol. The lowest BCUT2D eigenvalue weighted by molar-refractivity contribution is -0.120. The molecule has 136 valence electrons. The Morgan fingerprint density at radius 1 is 1.15 bits per heavy atom. The lowest BCUT2D eigenvalue weighted by atomic mass is 9.73. The first-order valence-corrected chi connectivity index (χ1v) is 9.34. The van der Waals surface area contributed by atoms with E-state index in [4.69, 9.17) is 0 Å². The molecular formula is C20H18BF2N3O. The Morgan fingerprint density at radius 3 is 2.74 bits per heavy atom. The smallest absolute Gasteiger partial charge is 0.371 e. The van der Waals surface area contributed by atoms with Gasteiger partial charge in [-0.3, -0.25) is 18.3 Å². The van der Waals surface area contributed by atoms with E-state index in [1.807, 2.05) is 6.07 Å². The van der Waals surface area contributed by atoms with Gasteiger partial charge < -0.3 is 4.90 Å². The fourth-order valence-electron chi connectivity index (χ4n) is 4.52. The van der Waals surface area contributed by atoms with Crippen LogP contribution in [0.2, 0.25) is 0 Å². The molecule has 1 aromatic carbocycles. The summed E-state index contributed by atoms with van der Waals surface area (Å²) in [6.45, 7) is 1.87. The fraction of sp³-hybridized carbons (Fsp3) is 0.300. The Bertz CT molecular complexity index is 962. The highest BCUT2D eigenvalue weighted by Crippen LogP contribution is 2.36. The van der Waals surface area contributed by atoms with Gasteiger partial charge in [0.1, 0.15) is 11.5 Å². The minimum atomic E-state index is -2.58. The van der Waals surface area contributed by atoms with Crippen LogP contribution in [0, 0.1) is 0 Å². The molecule has 5 rings (SSSR count). The van der Waals surface area contributed by atoms with Crippen molar-refractivity contribution in [2.75, 3.05) is 18.0 Å². The van der Waals surface area contributed by atoms with E-state index in [0.717, 1.165) is 49.2 Å². The third-order valence-corrected chi connectivity index (χ3v) is 5.62. The lowest BCUT2D eigenvalue weighted by Crippen LogP contribution is -2.40. The zero-order valence-corrected chi connectivity index (χ0v) is 14.8. The summed E-state index contributed by atoms with van der Waals surface area (Å²) in [5.41, 5.74) is 3.59. The number of nitrogens with zero attached hydrogens (tertiary/aromatic N) is 3. The van der Waals surface area contributed by atoms with Crippen molar-refractivity contribution < 1.29 is 13.4 Å². The van der Waals surface area contributed by atoms with Gasteiger partial charge in [-0.1, -0.05) is 6.08 Å². The second-order valence-corrected chi connectivity index (χ2v) is 7.24. The molecule has 0 radical (unpaired) electrons. The molecule has 4 nitrogen and oxygen atoms in total. The molecule has 0 N–H and O–H groups in total. The summed E-state index contributed by atoms with van der Waals surface area (Å²) in [7, 11) is -2.58. The van der Waals surface area contributed by atoms with Crippen LogP contribution >= 0.6 is 0 Å². The molecule has 4 aliphatic rings. The van der Waals surface area contributed by atoms with Crippen molar-refractivity contribution in [2.24, 2.45) is 4.99 Å². The third-order valence-electron chi connectivity index (χ3n) is 5.62. The number of carbonyl (C=O) groups is 1. The van der Waals surface area contributed by atoms with Crippen LogP contribution in [0.15, 0.2) is 41.2 Å². The summed E-state index contributed by atoms with van der Waals surface area (Å²) < 4.78 is 28.1. The normalized spacial score (nSPS) is 21.5. The number of halogens is 2. The van der Waals surface area contributed by atoms with Gasteiger partial charge in [-0.05, 0) is 66.7 Å². The first kappa shape index (κ1) is 16.5. The van der Waals surface area contributed by atoms with E-state index in [1.165, 1.54) is 4.90 Å². The first-order chi connectivity index (χ1) is 13.1. The summed E-state index contributed by atoms with van der Waals surface area (Å²) in [6, 6.07) is 1.85. The average molecular weight is 365 g/mol. The molecule has 4 aliphatic heterocycles. The van der Waals surface area contributed by atoms with Crippen molar-refractivity contribution in [3.05, 3.63) is 52.9 Å². The molecule has 1 amide bonds. The van der Waals surface area contributed by atoms with Crippen LogP contribution in [0.5, 0.6) is 0 Å². The monoisotopic (exact) mass is 365 g/mol. The largest absolute Gasteiger partial charge is 0.572 e. The fourth-order valence-corrected chi connectivity index (χ4v) is 4.52. The Morgan fingerprint density at radius 2 is 1.96 bits per heavy atom. The van der Waals surface area contributed by atoms with Gasteiger partial charge in [-0.25, -0.2) is 4.99 Å². The van der Waals surface area contributed by atoms with Gasteiger partial charge in [0.2, 0.25) is 0 Å². The number of anilines is 1. The number of amides is 1. The standard InChI is InChI=1S/C20H18BF2N3O/c22-21(23)18-14(12-16-20(27)26-10-2-1-7-17(26)24-16)11-13-5-3-8-25-9-4-6-15(18)19(13)25/h1-2,7,10-12H,3-6,8-9H2/b16-12+. The number of fused-ring (bicyclic) bond motifs is 1. The molecular weight excluding hydrogens is 347 g/mol. The zero-order chi connectivity index (χ0) is 18.5. The van der Waals surface area contributed by atoms with Crippen molar-refractivity contribution in [3.8, 4) is 0 Å². The van der Waals surface area contributed by atoms with Crippen LogP contribution in [-0.4, -0.2) is 37.0 Å². The van der Waals surface area contributed by atoms with E-state index in [2.05, 4.69) is 9.89 Å². The molecule has 0 aromatic heterocycles. The van der Waals surface area contributed by atoms with Crippen LogP contribution in [0.25, 0.3) is 6.08 Å².